The van der Waals surface area contributed by atoms with E-state index >= 15 is 0 Å². The number of anilines is 1. The van der Waals surface area contributed by atoms with Gasteiger partial charge in [0.15, 0.2) is 0 Å². The standard InChI is InChI=1S/C14H20BrN3O2/c15-13-5-10(9-18-1-3-20-4-2-18)6-14(17-13)16-11-7-12(19)8-11/h5-6,11-12,19H,1-4,7-9H2,(H,16,17). The minimum atomic E-state index is -0.146. The first-order chi connectivity index (χ1) is 9.69. The number of nitrogens with zero attached hydrogens (tertiary/aromatic N) is 2. The molecule has 1 aromatic heterocycles. The number of ether oxygens (including phenoxy) is 1. The van der Waals surface area contributed by atoms with E-state index in [0.717, 1.165) is 56.1 Å². The number of morpholine rings is 1. The van der Waals surface area contributed by atoms with E-state index in [9.17, 15) is 5.11 Å². The Balaban J connectivity index is 1.63. The van der Waals surface area contributed by atoms with Crippen molar-refractivity contribution in [3.8, 4) is 0 Å². The maximum Gasteiger partial charge on any atom is 0.127 e. The molecule has 1 aliphatic carbocycles. The SMILES string of the molecule is OC1CC(Nc2cc(CN3CCOCC3)cc(Br)n2)C1. The zero-order valence-electron chi connectivity index (χ0n) is 11.4. The molecule has 0 aromatic carbocycles. The van der Waals surface area contributed by atoms with Crippen molar-refractivity contribution < 1.29 is 9.84 Å². The van der Waals surface area contributed by atoms with Gasteiger partial charge in [-0.1, -0.05) is 0 Å². The van der Waals surface area contributed by atoms with E-state index < -0.39 is 0 Å². The van der Waals surface area contributed by atoms with Gasteiger partial charge >= 0.3 is 0 Å². The summed E-state index contributed by atoms with van der Waals surface area (Å²) < 4.78 is 6.22. The van der Waals surface area contributed by atoms with Gasteiger partial charge in [-0.05, 0) is 46.5 Å². The van der Waals surface area contributed by atoms with Gasteiger partial charge in [0.2, 0.25) is 0 Å². The number of rotatable bonds is 4. The summed E-state index contributed by atoms with van der Waals surface area (Å²) in [5, 5.41) is 12.7. The molecule has 2 fully saturated rings. The van der Waals surface area contributed by atoms with Crippen molar-refractivity contribution in [1.82, 2.24) is 9.88 Å². The van der Waals surface area contributed by atoms with E-state index in [1.165, 1.54) is 5.56 Å². The molecule has 1 aliphatic heterocycles. The highest BCUT2D eigenvalue weighted by molar-refractivity contribution is 9.10. The highest BCUT2D eigenvalue weighted by atomic mass is 79.9. The van der Waals surface area contributed by atoms with Crippen LogP contribution < -0.4 is 5.32 Å². The molecule has 0 unspecified atom stereocenters. The van der Waals surface area contributed by atoms with Gasteiger partial charge in [-0.3, -0.25) is 4.90 Å². The molecule has 1 saturated heterocycles. The molecule has 0 radical (unpaired) electrons. The Morgan fingerprint density at radius 2 is 2.10 bits per heavy atom. The van der Waals surface area contributed by atoms with E-state index in [1.54, 1.807) is 0 Å². The Hall–Kier alpha value is -0.690. The Bertz CT molecular complexity index is 460. The third kappa shape index (κ3) is 3.69. The van der Waals surface area contributed by atoms with Gasteiger partial charge in [-0.2, -0.15) is 0 Å². The summed E-state index contributed by atoms with van der Waals surface area (Å²) in [6, 6.07) is 4.52. The molecule has 110 valence electrons. The van der Waals surface area contributed by atoms with Crippen molar-refractivity contribution in [2.24, 2.45) is 0 Å². The van der Waals surface area contributed by atoms with Gasteiger partial charge < -0.3 is 15.2 Å². The van der Waals surface area contributed by atoms with Gasteiger partial charge in [0, 0.05) is 25.7 Å². The van der Waals surface area contributed by atoms with Crippen LogP contribution in [0.2, 0.25) is 0 Å². The fraction of sp³-hybridized carbons (Fsp3) is 0.643. The zero-order chi connectivity index (χ0) is 13.9. The van der Waals surface area contributed by atoms with E-state index in [4.69, 9.17) is 4.74 Å². The van der Waals surface area contributed by atoms with Crippen molar-refractivity contribution in [2.45, 2.75) is 31.5 Å². The molecule has 1 saturated carbocycles. The molecule has 6 heteroatoms. The molecule has 20 heavy (non-hydrogen) atoms. The summed E-state index contributed by atoms with van der Waals surface area (Å²) in [7, 11) is 0. The van der Waals surface area contributed by atoms with E-state index in [-0.39, 0.29) is 6.10 Å². The molecule has 2 aliphatic rings. The lowest BCUT2D eigenvalue weighted by atomic mass is 9.89. The summed E-state index contributed by atoms with van der Waals surface area (Å²) >= 11 is 3.48. The second kappa shape index (κ2) is 6.39. The van der Waals surface area contributed by atoms with Gasteiger partial charge in [0.1, 0.15) is 10.4 Å². The topological polar surface area (TPSA) is 57.6 Å². The largest absolute Gasteiger partial charge is 0.393 e. The Morgan fingerprint density at radius 3 is 2.80 bits per heavy atom. The van der Waals surface area contributed by atoms with E-state index in [2.05, 4.69) is 43.3 Å². The van der Waals surface area contributed by atoms with Gasteiger partial charge in [0.05, 0.1) is 19.3 Å². The van der Waals surface area contributed by atoms with E-state index in [0.29, 0.717) is 6.04 Å². The number of aliphatic hydroxyl groups is 1. The first kappa shape index (κ1) is 14.3. The molecule has 2 N–H and O–H groups in total. The average molecular weight is 342 g/mol. The van der Waals surface area contributed by atoms with Gasteiger partial charge in [0.25, 0.3) is 0 Å². The van der Waals surface area contributed by atoms with Gasteiger partial charge in [-0.25, -0.2) is 4.98 Å². The predicted octanol–water partition coefficient (Wildman–Crippen LogP) is 1.61. The van der Waals surface area contributed by atoms with Crippen LogP contribution in [-0.4, -0.2) is 53.4 Å². The van der Waals surface area contributed by atoms with Crippen LogP contribution in [0.15, 0.2) is 16.7 Å². The molecular weight excluding hydrogens is 322 g/mol. The third-order valence-electron chi connectivity index (χ3n) is 3.83. The molecule has 0 atom stereocenters. The lowest BCUT2D eigenvalue weighted by Gasteiger charge is -2.32. The lowest BCUT2D eigenvalue weighted by Crippen LogP contribution is -2.39. The number of aromatic nitrogens is 1. The van der Waals surface area contributed by atoms with Crippen molar-refractivity contribution in [1.29, 1.82) is 0 Å². The Morgan fingerprint density at radius 1 is 1.35 bits per heavy atom. The summed E-state index contributed by atoms with van der Waals surface area (Å²) in [5.41, 5.74) is 1.25. The first-order valence-electron chi connectivity index (χ1n) is 7.10. The van der Waals surface area contributed by atoms with Crippen molar-refractivity contribution >= 4 is 21.7 Å². The predicted molar refractivity (Wildman–Crippen MR) is 80.7 cm³/mol. The van der Waals surface area contributed by atoms with E-state index in [1.807, 2.05) is 0 Å². The first-order valence-corrected chi connectivity index (χ1v) is 7.89. The minimum absolute atomic E-state index is 0.146. The van der Waals surface area contributed by atoms with Crippen molar-refractivity contribution in [3.63, 3.8) is 0 Å². The maximum absolute atomic E-state index is 9.33. The Labute approximate surface area is 127 Å². The van der Waals surface area contributed by atoms with Crippen LogP contribution in [0.3, 0.4) is 0 Å². The maximum atomic E-state index is 9.33. The molecule has 5 nitrogen and oxygen atoms in total. The lowest BCUT2D eigenvalue weighted by molar-refractivity contribution is 0.0342. The van der Waals surface area contributed by atoms with Crippen LogP contribution in [0, 0.1) is 0 Å². The molecular formula is C14H20BrN3O2. The van der Waals surface area contributed by atoms with Crippen LogP contribution in [0.4, 0.5) is 5.82 Å². The van der Waals surface area contributed by atoms with Crippen molar-refractivity contribution in [2.75, 3.05) is 31.6 Å². The molecule has 2 heterocycles. The van der Waals surface area contributed by atoms with Crippen molar-refractivity contribution in [3.05, 3.63) is 22.3 Å². The van der Waals surface area contributed by atoms with Crippen LogP contribution in [-0.2, 0) is 11.3 Å². The molecule has 0 spiro atoms. The Kier molecular flexibility index (Phi) is 4.55. The van der Waals surface area contributed by atoms with Gasteiger partial charge in [-0.15, -0.1) is 0 Å². The number of aliphatic hydroxyl groups excluding tert-OH is 1. The normalized spacial score (nSPS) is 27.1. The zero-order valence-corrected chi connectivity index (χ0v) is 13.0. The van der Waals surface area contributed by atoms with Crippen LogP contribution in [0.25, 0.3) is 0 Å². The molecule has 0 amide bonds. The second-order valence-corrected chi connectivity index (χ2v) is 6.35. The number of hydrogen-bond donors (Lipinski definition) is 2. The van der Waals surface area contributed by atoms with Crippen LogP contribution >= 0.6 is 15.9 Å². The highest BCUT2D eigenvalue weighted by Crippen LogP contribution is 2.25. The summed E-state index contributed by atoms with van der Waals surface area (Å²) in [6.45, 7) is 4.52. The number of nitrogens with one attached hydrogen (secondary N) is 1. The van der Waals surface area contributed by atoms with Crippen LogP contribution in [0.1, 0.15) is 18.4 Å². The second-order valence-electron chi connectivity index (χ2n) is 5.54. The molecule has 1 aromatic rings. The summed E-state index contributed by atoms with van der Waals surface area (Å²) in [4.78, 5) is 6.85. The fourth-order valence-corrected chi connectivity index (χ4v) is 3.13. The fourth-order valence-electron chi connectivity index (χ4n) is 2.65. The van der Waals surface area contributed by atoms with Crippen LogP contribution in [0.5, 0.6) is 0 Å². The number of hydrogen-bond acceptors (Lipinski definition) is 5. The molecule has 0 bridgehead atoms. The minimum Gasteiger partial charge on any atom is -0.393 e. The highest BCUT2D eigenvalue weighted by Gasteiger charge is 2.27. The third-order valence-corrected chi connectivity index (χ3v) is 4.24. The summed E-state index contributed by atoms with van der Waals surface area (Å²) in [5.74, 6) is 0.888. The smallest absolute Gasteiger partial charge is 0.127 e. The molecule has 3 rings (SSSR count). The number of pyridine rings is 1. The monoisotopic (exact) mass is 341 g/mol. The average Bonchev–Trinajstić information content (AvgIpc) is 2.37. The number of halogens is 1. The quantitative estimate of drug-likeness (QED) is 0.815. The summed E-state index contributed by atoms with van der Waals surface area (Å²) in [6.07, 6.45) is 1.48.